The van der Waals surface area contributed by atoms with Crippen molar-refractivity contribution >= 4 is 22.9 Å². The molecule has 0 amide bonds. The topological polar surface area (TPSA) is 38.2 Å². The maximum absolute atomic E-state index is 5.87. The van der Waals surface area contributed by atoms with Gasteiger partial charge in [-0.25, -0.2) is 9.97 Å². The number of hydrogen-bond acceptors (Lipinski definition) is 5. The second-order valence-electron chi connectivity index (χ2n) is 5.68. The predicted octanol–water partition coefficient (Wildman–Crippen LogP) is 3.68. The minimum absolute atomic E-state index is 0.335. The molecule has 0 saturated carbocycles. The monoisotopic (exact) mass is 337 g/mol. The fraction of sp³-hybridized carbons (Fsp3) is 0.500. The van der Waals surface area contributed by atoms with E-state index in [1.807, 2.05) is 25.3 Å². The zero-order chi connectivity index (χ0) is 15.4. The molecule has 118 valence electrons. The fourth-order valence-corrected chi connectivity index (χ4v) is 3.61. The number of pyridine rings is 1. The van der Waals surface area contributed by atoms with Gasteiger partial charge in [0, 0.05) is 37.0 Å². The average Bonchev–Trinajstić information content (AvgIpc) is 3.13. The van der Waals surface area contributed by atoms with E-state index in [1.54, 1.807) is 11.3 Å². The van der Waals surface area contributed by atoms with E-state index in [0.29, 0.717) is 11.3 Å². The van der Waals surface area contributed by atoms with Crippen LogP contribution in [-0.4, -0.2) is 34.1 Å². The molecule has 2 aromatic heterocycles. The number of thiazole rings is 1. The highest BCUT2D eigenvalue weighted by Crippen LogP contribution is 2.19. The second kappa shape index (κ2) is 7.51. The van der Waals surface area contributed by atoms with Gasteiger partial charge in [0.25, 0.3) is 0 Å². The fourth-order valence-electron chi connectivity index (χ4n) is 2.69. The van der Waals surface area contributed by atoms with Crippen LogP contribution in [0.5, 0.6) is 0 Å². The molecule has 0 bridgehead atoms. The molecule has 2 aromatic rings. The second-order valence-corrected chi connectivity index (χ2v) is 7.01. The van der Waals surface area contributed by atoms with E-state index in [4.69, 9.17) is 16.3 Å². The van der Waals surface area contributed by atoms with Crippen LogP contribution in [0.1, 0.15) is 29.1 Å². The van der Waals surface area contributed by atoms with Crippen molar-refractivity contribution in [2.24, 2.45) is 0 Å². The van der Waals surface area contributed by atoms with Gasteiger partial charge in [-0.1, -0.05) is 17.7 Å². The summed E-state index contributed by atoms with van der Waals surface area (Å²) < 4.78 is 5.79. The largest absolute Gasteiger partial charge is 0.377 e. The van der Waals surface area contributed by atoms with E-state index in [9.17, 15) is 0 Å². The highest BCUT2D eigenvalue weighted by Gasteiger charge is 2.20. The van der Waals surface area contributed by atoms with Crippen molar-refractivity contribution in [1.29, 1.82) is 0 Å². The van der Waals surface area contributed by atoms with Gasteiger partial charge in [-0.15, -0.1) is 11.3 Å². The first-order chi connectivity index (χ1) is 10.7. The van der Waals surface area contributed by atoms with E-state index in [0.717, 1.165) is 55.3 Å². The van der Waals surface area contributed by atoms with Crippen molar-refractivity contribution in [2.75, 3.05) is 13.2 Å². The standard InChI is InChI=1S/C16H20ClN3OS/c1-12-11-22-16(19-12)10-20(9-14-3-2-6-21-14)8-13-4-5-15(17)18-7-13/h4-5,7,11,14H,2-3,6,8-10H2,1H3. The maximum atomic E-state index is 5.87. The van der Waals surface area contributed by atoms with Crippen LogP contribution in [0.25, 0.3) is 0 Å². The number of hydrogen-bond donors (Lipinski definition) is 0. The lowest BCUT2D eigenvalue weighted by molar-refractivity contribution is 0.0678. The first-order valence-electron chi connectivity index (χ1n) is 7.54. The number of aromatic nitrogens is 2. The minimum Gasteiger partial charge on any atom is -0.377 e. The maximum Gasteiger partial charge on any atom is 0.129 e. The average molecular weight is 338 g/mol. The molecule has 0 N–H and O–H groups in total. The van der Waals surface area contributed by atoms with Gasteiger partial charge < -0.3 is 4.74 Å². The Morgan fingerprint density at radius 1 is 1.41 bits per heavy atom. The normalized spacial score (nSPS) is 18.2. The highest BCUT2D eigenvalue weighted by atomic mass is 35.5. The first-order valence-corrected chi connectivity index (χ1v) is 8.80. The minimum atomic E-state index is 0.335. The van der Waals surface area contributed by atoms with Crippen molar-refractivity contribution in [2.45, 2.75) is 39.0 Å². The van der Waals surface area contributed by atoms with E-state index in [-0.39, 0.29) is 0 Å². The summed E-state index contributed by atoms with van der Waals surface area (Å²) >= 11 is 7.58. The van der Waals surface area contributed by atoms with Gasteiger partial charge in [0.15, 0.2) is 0 Å². The zero-order valence-corrected chi connectivity index (χ0v) is 14.2. The van der Waals surface area contributed by atoms with Gasteiger partial charge in [-0.2, -0.15) is 0 Å². The Morgan fingerprint density at radius 2 is 2.32 bits per heavy atom. The third-order valence-corrected chi connectivity index (χ3v) is 4.88. The Hall–Kier alpha value is -1.01. The summed E-state index contributed by atoms with van der Waals surface area (Å²) in [6.45, 7) is 5.54. The Morgan fingerprint density at radius 3 is 2.95 bits per heavy atom. The molecule has 1 aliphatic rings. The number of nitrogens with zero attached hydrogens (tertiary/aromatic N) is 3. The smallest absolute Gasteiger partial charge is 0.129 e. The van der Waals surface area contributed by atoms with E-state index >= 15 is 0 Å². The van der Waals surface area contributed by atoms with Gasteiger partial charge in [0.2, 0.25) is 0 Å². The number of aryl methyl sites for hydroxylation is 1. The quantitative estimate of drug-likeness (QED) is 0.754. The molecule has 6 heteroatoms. The van der Waals surface area contributed by atoms with Crippen LogP contribution in [0.2, 0.25) is 5.15 Å². The third kappa shape index (κ3) is 4.49. The summed E-state index contributed by atoms with van der Waals surface area (Å²) in [6.07, 6.45) is 4.49. The summed E-state index contributed by atoms with van der Waals surface area (Å²) in [4.78, 5) is 11.1. The van der Waals surface area contributed by atoms with E-state index in [1.165, 1.54) is 0 Å². The molecule has 22 heavy (non-hydrogen) atoms. The van der Waals surface area contributed by atoms with Gasteiger partial charge in [-0.05, 0) is 31.4 Å². The molecule has 0 aromatic carbocycles. The molecule has 3 heterocycles. The van der Waals surface area contributed by atoms with Gasteiger partial charge in [0.1, 0.15) is 10.2 Å². The van der Waals surface area contributed by atoms with Crippen LogP contribution in [-0.2, 0) is 17.8 Å². The Kier molecular flexibility index (Phi) is 5.41. The summed E-state index contributed by atoms with van der Waals surface area (Å²) in [5, 5.41) is 3.78. The molecule has 0 radical (unpaired) electrons. The number of halogens is 1. The van der Waals surface area contributed by atoms with Crippen LogP contribution in [0.4, 0.5) is 0 Å². The lowest BCUT2D eigenvalue weighted by atomic mass is 10.2. The van der Waals surface area contributed by atoms with Crippen molar-refractivity contribution in [3.05, 3.63) is 45.1 Å². The Bertz CT molecular complexity index is 596. The van der Waals surface area contributed by atoms with Crippen molar-refractivity contribution < 1.29 is 4.74 Å². The lowest BCUT2D eigenvalue weighted by Gasteiger charge is -2.24. The number of rotatable bonds is 6. The first kappa shape index (κ1) is 15.9. The molecular formula is C16H20ClN3OS. The molecule has 3 rings (SSSR count). The lowest BCUT2D eigenvalue weighted by Crippen LogP contribution is -2.31. The van der Waals surface area contributed by atoms with Gasteiger partial charge in [-0.3, -0.25) is 4.90 Å². The van der Waals surface area contributed by atoms with Crippen LogP contribution >= 0.6 is 22.9 Å². The molecule has 1 unspecified atom stereocenters. The van der Waals surface area contributed by atoms with E-state index < -0.39 is 0 Å². The molecule has 1 saturated heterocycles. The zero-order valence-electron chi connectivity index (χ0n) is 12.7. The summed E-state index contributed by atoms with van der Waals surface area (Å²) in [5.74, 6) is 0. The molecule has 1 aliphatic heterocycles. The highest BCUT2D eigenvalue weighted by molar-refractivity contribution is 7.09. The summed E-state index contributed by atoms with van der Waals surface area (Å²) in [6, 6.07) is 3.87. The molecule has 0 aliphatic carbocycles. The molecule has 1 atom stereocenters. The van der Waals surface area contributed by atoms with Gasteiger partial charge >= 0.3 is 0 Å². The predicted molar refractivity (Wildman–Crippen MR) is 89.2 cm³/mol. The van der Waals surface area contributed by atoms with E-state index in [2.05, 4.69) is 20.2 Å². The van der Waals surface area contributed by atoms with Crippen LogP contribution in [0.15, 0.2) is 23.7 Å². The van der Waals surface area contributed by atoms with Crippen LogP contribution in [0.3, 0.4) is 0 Å². The Labute approximate surface area is 140 Å². The summed E-state index contributed by atoms with van der Waals surface area (Å²) in [5.41, 5.74) is 2.25. The SMILES string of the molecule is Cc1csc(CN(Cc2ccc(Cl)nc2)CC2CCCO2)n1. The molecular weight excluding hydrogens is 318 g/mol. The summed E-state index contributed by atoms with van der Waals surface area (Å²) in [7, 11) is 0. The van der Waals surface area contributed by atoms with Crippen molar-refractivity contribution in [3.63, 3.8) is 0 Å². The molecule has 1 fully saturated rings. The number of ether oxygens (including phenoxy) is 1. The molecule has 4 nitrogen and oxygen atoms in total. The van der Waals surface area contributed by atoms with Crippen LogP contribution in [0, 0.1) is 6.92 Å². The third-order valence-electron chi connectivity index (χ3n) is 3.71. The molecule has 0 spiro atoms. The van der Waals surface area contributed by atoms with Crippen LogP contribution < -0.4 is 0 Å². The Balaban J connectivity index is 1.68. The van der Waals surface area contributed by atoms with Crippen molar-refractivity contribution in [1.82, 2.24) is 14.9 Å². The van der Waals surface area contributed by atoms with Gasteiger partial charge in [0.05, 0.1) is 12.6 Å². The van der Waals surface area contributed by atoms with Crippen molar-refractivity contribution in [3.8, 4) is 0 Å².